The number of rotatable bonds is 50. The van der Waals surface area contributed by atoms with Gasteiger partial charge in [0.25, 0.3) is 0 Å². The van der Waals surface area contributed by atoms with Crippen LogP contribution >= 0.6 is 0 Å². The fraction of sp³-hybridized carbons (Fsp3) is 0.641. The maximum absolute atomic E-state index is 12.8. The molecule has 0 amide bonds. The molecule has 0 saturated carbocycles. The first-order chi connectivity index (χ1) is 34.5. The Morgan fingerprint density at radius 2 is 0.557 bits per heavy atom. The van der Waals surface area contributed by atoms with E-state index < -0.39 is 6.10 Å². The predicted octanol–water partition coefficient (Wildman–Crippen LogP) is 19.3. The molecule has 0 radical (unpaired) electrons. The summed E-state index contributed by atoms with van der Waals surface area (Å²) in [5, 5.41) is 0. The van der Waals surface area contributed by atoms with Crippen LogP contribution in [0.5, 0.6) is 0 Å². The maximum Gasteiger partial charge on any atom is 0.306 e. The summed E-state index contributed by atoms with van der Waals surface area (Å²) in [6.07, 6.45) is 79.0. The molecule has 1 unspecified atom stereocenters. The first kappa shape index (κ1) is 65.8. The molecule has 0 rings (SSSR count). The molecule has 0 aliphatic carbocycles. The van der Waals surface area contributed by atoms with E-state index >= 15 is 0 Å². The quantitative estimate of drug-likeness (QED) is 0.0262. The van der Waals surface area contributed by atoms with Crippen molar-refractivity contribution in [1.82, 2.24) is 0 Å². The van der Waals surface area contributed by atoms with Gasteiger partial charge in [-0.25, -0.2) is 0 Å². The second-order valence-corrected chi connectivity index (χ2v) is 18.4. The zero-order valence-corrected chi connectivity index (χ0v) is 45.2. The fourth-order valence-corrected chi connectivity index (χ4v) is 7.49. The van der Waals surface area contributed by atoms with Crippen LogP contribution in [0.2, 0.25) is 0 Å². The van der Waals surface area contributed by atoms with Crippen molar-refractivity contribution in [1.29, 1.82) is 0 Å². The Morgan fingerprint density at radius 1 is 0.300 bits per heavy atom. The van der Waals surface area contributed by atoms with Gasteiger partial charge in [0.05, 0.1) is 0 Å². The predicted molar refractivity (Wildman–Crippen MR) is 302 cm³/mol. The van der Waals surface area contributed by atoms with E-state index in [4.69, 9.17) is 14.2 Å². The number of carbonyl (C=O) groups is 3. The summed E-state index contributed by atoms with van der Waals surface area (Å²) in [6.45, 7) is 6.36. The lowest BCUT2D eigenvalue weighted by atomic mass is 10.0. The van der Waals surface area contributed by atoms with Crippen LogP contribution in [-0.2, 0) is 28.6 Å². The molecule has 70 heavy (non-hydrogen) atoms. The third-order valence-electron chi connectivity index (χ3n) is 11.7. The number of hydrogen-bond acceptors (Lipinski definition) is 6. The maximum atomic E-state index is 12.8. The lowest BCUT2D eigenvalue weighted by Crippen LogP contribution is -2.30. The van der Waals surface area contributed by atoms with Crippen molar-refractivity contribution in [2.45, 2.75) is 252 Å². The topological polar surface area (TPSA) is 78.9 Å². The Bertz CT molecular complexity index is 1490. The van der Waals surface area contributed by atoms with Crippen LogP contribution in [0, 0.1) is 0 Å². The molecule has 6 nitrogen and oxygen atoms in total. The van der Waals surface area contributed by atoms with Crippen molar-refractivity contribution >= 4 is 17.9 Å². The van der Waals surface area contributed by atoms with Crippen molar-refractivity contribution in [2.24, 2.45) is 0 Å². The van der Waals surface area contributed by atoms with E-state index in [-0.39, 0.29) is 31.1 Å². The molecule has 396 valence electrons. The highest BCUT2D eigenvalue weighted by atomic mass is 16.6. The third-order valence-corrected chi connectivity index (χ3v) is 11.7. The molecular formula is C64H104O6. The minimum absolute atomic E-state index is 0.0976. The van der Waals surface area contributed by atoms with Crippen LogP contribution in [0.1, 0.15) is 245 Å². The summed E-state index contributed by atoms with van der Waals surface area (Å²) in [5.41, 5.74) is 0. The molecule has 0 bridgehead atoms. The largest absolute Gasteiger partial charge is 0.462 e. The van der Waals surface area contributed by atoms with Crippen molar-refractivity contribution in [3.05, 3.63) is 122 Å². The van der Waals surface area contributed by atoms with Crippen molar-refractivity contribution in [3.8, 4) is 0 Å². The molecule has 0 aliphatic heterocycles. The van der Waals surface area contributed by atoms with Gasteiger partial charge in [0.15, 0.2) is 6.10 Å². The Kier molecular flexibility index (Phi) is 54.0. The summed E-state index contributed by atoms with van der Waals surface area (Å²) < 4.78 is 16.8. The zero-order valence-electron chi connectivity index (χ0n) is 45.2. The van der Waals surface area contributed by atoms with Crippen LogP contribution < -0.4 is 0 Å². The zero-order chi connectivity index (χ0) is 50.7. The van der Waals surface area contributed by atoms with E-state index in [1.807, 2.05) is 0 Å². The first-order valence-corrected chi connectivity index (χ1v) is 28.5. The number of carbonyl (C=O) groups excluding carboxylic acids is 3. The Morgan fingerprint density at radius 3 is 0.871 bits per heavy atom. The van der Waals surface area contributed by atoms with Crippen molar-refractivity contribution < 1.29 is 28.6 Å². The van der Waals surface area contributed by atoms with Gasteiger partial charge in [-0.2, -0.15) is 0 Å². The van der Waals surface area contributed by atoms with Gasteiger partial charge in [-0.05, 0) is 109 Å². The minimum atomic E-state index is -0.804. The molecule has 6 heteroatoms. The molecule has 0 spiro atoms. The molecule has 1 atom stereocenters. The normalized spacial score (nSPS) is 13.0. The van der Waals surface area contributed by atoms with Crippen molar-refractivity contribution in [2.75, 3.05) is 13.2 Å². The molecule has 0 aromatic carbocycles. The van der Waals surface area contributed by atoms with Gasteiger partial charge in [0, 0.05) is 19.3 Å². The van der Waals surface area contributed by atoms with Gasteiger partial charge in [-0.3, -0.25) is 14.4 Å². The Labute approximate surface area is 431 Å². The molecule has 0 aromatic rings. The van der Waals surface area contributed by atoms with E-state index in [0.717, 1.165) is 148 Å². The molecule has 0 heterocycles. The molecule has 0 aromatic heterocycles. The number of allylic oxidation sites excluding steroid dienone is 20. The van der Waals surface area contributed by atoms with Crippen molar-refractivity contribution in [3.63, 3.8) is 0 Å². The van der Waals surface area contributed by atoms with Gasteiger partial charge in [0.2, 0.25) is 0 Å². The van der Waals surface area contributed by atoms with Crippen LogP contribution in [0.4, 0.5) is 0 Å². The molecule has 0 saturated heterocycles. The summed E-state index contributed by atoms with van der Waals surface area (Å²) in [7, 11) is 0. The first-order valence-electron chi connectivity index (χ1n) is 28.5. The smallest absolute Gasteiger partial charge is 0.306 e. The second kappa shape index (κ2) is 57.4. The minimum Gasteiger partial charge on any atom is -0.462 e. The standard InChI is InChI=1S/C64H104O6/c1-4-7-10-13-16-19-22-25-27-29-30-31-32-33-34-36-37-39-42-45-48-51-54-57-63(66)69-60-61(59-68-62(65)56-53-50-47-44-41-24-21-18-15-12-9-6-3)70-64(67)58-55-52-49-46-43-40-38-35-28-26-23-20-17-14-11-8-5-2/h7-8,10-11,16-17,19-20,25-28,30-31,33-34,37-40,61H,4-6,9,12-15,18,21-24,29,32,35-36,41-60H2,1-3H3/b10-7-,11-8-,19-16-,20-17-,27-25-,28-26-,31-30-,34-33-,39-37-,40-38-. The van der Waals surface area contributed by atoms with Crippen LogP contribution in [0.3, 0.4) is 0 Å². The van der Waals surface area contributed by atoms with Gasteiger partial charge in [-0.15, -0.1) is 0 Å². The highest BCUT2D eigenvalue weighted by Gasteiger charge is 2.19. The van der Waals surface area contributed by atoms with Gasteiger partial charge in [0.1, 0.15) is 13.2 Å². The molecule has 0 N–H and O–H groups in total. The lowest BCUT2D eigenvalue weighted by molar-refractivity contribution is -0.167. The molecule has 0 aliphatic rings. The summed E-state index contributed by atoms with van der Waals surface area (Å²) in [4.78, 5) is 38.1. The van der Waals surface area contributed by atoms with E-state index in [9.17, 15) is 14.4 Å². The third kappa shape index (κ3) is 54.7. The Hall–Kier alpha value is -4.19. The van der Waals surface area contributed by atoms with Gasteiger partial charge < -0.3 is 14.2 Å². The van der Waals surface area contributed by atoms with Crippen LogP contribution in [0.25, 0.3) is 0 Å². The SMILES string of the molecule is CC/C=C\C/C=C\C/C=C\C/C=C\C/C=C\C/C=C\CCCCCCC(=O)OCC(COC(=O)CCCCCCCCCCCCCC)OC(=O)CCCCCC/C=C\C/C=C\C/C=C\C/C=C\CC. The Balaban J connectivity index is 4.46. The summed E-state index contributed by atoms with van der Waals surface area (Å²) in [5.74, 6) is -0.949. The van der Waals surface area contributed by atoms with E-state index in [1.165, 1.54) is 57.8 Å². The second-order valence-electron chi connectivity index (χ2n) is 18.4. The average Bonchev–Trinajstić information content (AvgIpc) is 3.36. The van der Waals surface area contributed by atoms with E-state index in [2.05, 4.69) is 142 Å². The lowest BCUT2D eigenvalue weighted by Gasteiger charge is -2.18. The molecular weight excluding hydrogens is 865 g/mol. The summed E-state index contributed by atoms with van der Waals surface area (Å²) >= 11 is 0. The monoisotopic (exact) mass is 969 g/mol. The summed E-state index contributed by atoms with van der Waals surface area (Å²) in [6, 6.07) is 0. The van der Waals surface area contributed by atoms with Crippen LogP contribution in [-0.4, -0.2) is 37.2 Å². The number of ether oxygens (including phenoxy) is 3. The highest BCUT2D eigenvalue weighted by molar-refractivity contribution is 5.71. The number of hydrogen-bond donors (Lipinski definition) is 0. The number of unbranched alkanes of at least 4 members (excludes halogenated alkanes) is 19. The van der Waals surface area contributed by atoms with Gasteiger partial charge in [-0.1, -0.05) is 239 Å². The number of esters is 3. The van der Waals surface area contributed by atoms with E-state index in [0.29, 0.717) is 19.3 Å². The van der Waals surface area contributed by atoms with Crippen LogP contribution in [0.15, 0.2) is 122 Å². The molecule has 0 fully saturated rings. The average molecular weight is 970 g/mol. The van der Waals surface area contributed by atoms with Gasteiger partial charge >= 0.3 is 17.9 Å². The van der Waals surface area contributed by atoms with E-state index in [1.54, 1.807) is 0 Å². The highest BCUT2D eigenvalue weighted by Crippen LogP contribution is 2.14. The fourth-order valence-electron chi connectivity index (χ4n) is 7.49.